The molecule has 0 fully saturated rings. The van der Waals surface area contributed by atoms with Gasteiger partial charge in [0.15, 0.2) is 0 Å². The molecule has 2 aromatic rings. The Morgan fingerprint density at radius 3 is 2.43 bits per heavy atom. The average molecular weight is 490 g/mol. The number of furan rings is 1. The van der Waals surface area contributed by atoms with Crippen LogP contribution in [0.4, 0.5) is 13.2 Å². The van der Waals surface area contributed by atoms with Crippen LogP contribution in [0, 0.1) is 0 Å². The number of hydrogen-bond donors (Lipinski definition) is 1. The summed E-state index contributed by atoms with van der Waals surface area (Å²) in [6, 6.07) is 9.78. The number of halogens is 3. The van der Waals surface area contributed by atoms with Gasteiger partial charge in [-0.25, -0.2) is 0 Å². The minimum absolute atomic E-state index is 0.0642. The van der Waals surface area contributed by atoms with Crippen LogP contribution in [-0.2, 0) is 19.4 Å². The van der Waals surface area contributed by atoms with E-state index in [-0.39, 0.29) is 12.2 Å². The molecule has 4 nitrogen and oxygen atoms in total. The Bertz CT molecular complexity index is 1110. The molecule has 1 aromatic carbocycles. The van der Waals surface area contributed by atoms with E-state index in [1.165, 1.54) is 24.1 Å². The Balaban J connectivity index is 1.67. The van der Waals surface area contributed by atoms with Gasteiger partial charge in [-0.3, -0.25) is 4.90 Å². The second-order valence-electron chi connectivity index (χ2n) is 9.62. The lowest BCUT2D eigenvalue weighted by Crippen LogP contribution is -2.32. The molecule has 0 spiro atoms. The zero-order valence-electron chi connectivity index (χ0n) is 20.8. The topological polar surface area (TPSA) is 45.8 Å². The summed E-state index contributed by atoms with van der Waals surface area (Å²) >= 11 is 0. The van der Waals surface area contributed by atoms with Gasteiger partial charge in [0.25, 0.3) is 0 Å². The lowest BCUT2D eigenvalue weighted by molar-refractivity contribution is -0.0887. The molecule has 2 heterocycles. The molecule has 0 aliphatic carbocycles. The Kier molecular flexibility index (Phi) is 8.34. The molecule has 1 aliphatic rings. The highest BCUT2D eigenvalue weighted by Gasteiger charge is 2.32. The van der Waals surface area contributed by atoms with Crippen molar-refractivity contribution >= 4 is 5.57 Å². The Labute approximate surface area is 205 Å². The molecule has 0 bridgehead atoms. The van der Waals surface area contributed by atoms with E-state index >= 15 is 0 Å². The number of aliphatic hydroxyl groups is 1. The van der Waals surface area contributed by atoms with Crippen molar-refractivity contribution in [3.63, 3.8) is 0 Å². The van der Waals surface area contributed by atoms with Crippen molar-refractivity contribution in [1.82, 2.24) is 4.90 Å². The first-order valence-electron chi connectivity index (χ1n) is 11.7. The summed E-state index contributed by atoms with van der Waals surface area (Å²) in [5.74, 6) is 2.08. The Morgan fingerprint density at radius 1 is 1.11 bits per heavy atom. The van der Waals surface area contributed by atoms with Gasteiger partial charge in [-0.2, -0.15) is 13.2 Å². The molecular weight excluding hydrogens is 455 g/mol. The fraction of sp³-hybridized carbons (Fsp3) is 0.429. The van der Waals surface area contributed by atoms with E-state index in [2.05, 4.69) is 23.6 Å². The van der Waals surface area contributed by atoms with E-state index in [0.717, 1.165) is 43.5 Å². The van der Waals surface area contributed by atoms with Crippen LogP contribution in [0.15, 0.2) is 64.6 Å². The van der Waals surface area contributed by atoms with Crippen molar-refractivity contribution in [2.24, 2.45) is 0 Å². The van der Waals surface area contributed by atoms with Crippen molar-refractivity contribution in [2.45, 2.75) is 58.9 Å². The quantitative estimate of drug-likeness (QED) is 0.430. The van der Waals surface area contributed by atoms with E-state index < -0.39 is 17.4 Å². The molecule has 0 radical (unpaired) electrons. The third-order valence-electron chi connectivity index (χ3n) is 6.14. The maximum absolute atomic E-state index is 13.1. The molecule has 35 heavy (non-hydrogen) atoms. The molecule has 190 valence electrons. The highest BCUT2D eigenvalue weighted by Crippen LogP contribution is 2.31. The van der Waals surface area contributed by atoms with Gasteiger partial charge in [0.2, 0.25) is 0 Å². The SMILES string of the molecule is C=C/C(=C(C)\C=C(/C)c1ccc(CN2CCc3ccc(OC(C)(C)CO)cc3CC2)o1)C(F)(F)F. The van der Waals surface area contributed by atoms with Crippen LogP contribution in [0.5, 0.6) is 5.75 Å². The molecule has 0 saturated heterocycles. The maximum atomic E-state index is 13.1. The summed E-state index contributed by atoms with van der Waals surface area (Å²) in [6.45, 7) is 12.4. The van der Waals surface area contributed by atoms with Gasteiger partial charge >= 0.3 is 6.18 Å². The van der Waals surface area contributed by atoms with E-state index in [0.29, 0.717) is 17.9 Å². The van der Waals surface area contributed by atoms with Gasteiger partial charge < -0.3 is 14.3 Å². The summed E-state index contributed by atoms with van der Waals surface area (Å²) in [7, 11) is 0. The maximum Gasteiger partial charge on any atom is 0.416 e. The summed E-state index contributed by atoms with van der Waals surface area (Å²) in [5, 5.41) is 9.47. The fourth-order valence-electron chi connectivity index (χ4n) is 4.19. The molecule has 1 aliphatic heterocycles. The van der Waals surface area contributed by atoms with E-state index in [1.807, 2.05) is 26.0 Å². The van der Waals surface area contributed by atoms with Crippen LogP contribution in [0.1, 0.15) is 50.3 Å². The zero-order chi connectivity index (χ0) is 25.8. The number of hydrogen-bond acceptors (Lipinski definition) is 4. The smallest absolute Gasteiger partial charge is 0.416 e. The third-order valence-corrected chi connectivity index (χ3v) is 6.14. The van der Waals surface area contributed by atoms with E-state index in [9.17, 15) is 18.3 Å². The predicted molar refractivity (Wildman–Crippen MR) is 132 cm³/mol. The molecule has 0 atom stereocenters. The van der Waals surface area contributed by atoms with Gasteiger partial charge in [0.1, 0.15) is 22.9 Å². The number of aliphatic hydroxyl groups excluding tert-OH is 1. The summed E-state index contributed by atoms with van der Waals surface area (Å²) < 4.78 is 51.3. The minimum Gasteiger partial charge on any atom is -0.485 e. The fourth-order valence-corrected chi connectivity index (χ4v) is 4.19. The Morgan fingerprint density at radius 2 is 1.80 bits per heavy atom. The zero-order valence-corrected chi connectivity index (χ0v) is 20.8. The van der Waals surface area contributed by atoms with Gasteiger partial charge in [-0.15, -0.1) is 0 Å². The number of benzene rings is 1. The second kappa shape index (κ2) is 10.9. The molecule has 0 saturated carbocycles. The van der Waals surface area contributed by atoms with Crippen LogP contribution in [0.2, 0.25) is 0 Å². The number of nitrogens with zero attached hydrogens (tertiary/aromatic N) is 1. The molecule has 3 rings (SSSR count). The van der Waals surface area contributed by atoms with Crippen LogP contribution in [0.3, 0.4) is 0 Å². The lowest BCUT2D eigenvalue weighted by Gasteiger charge is -2.24. The first-order chi connectivity index (χ1) is 16.4. The summed E-state index contributed by atoms with van der Waals surface area (Å²) in [4.78, 5) is 2.31. The number of allylic oxidation sites excluding steroid dienone is 5. The largest absolute Gasteiger partial charge is 0.485 e. The molecule has 1 aromatic heterocycles. The van der Waals surface area contributed by atoms with E-state index in [4.69, 9.17) is 9.15 Å². The normalized spacial score (nSPS) is 16.4. The molecule has 7 heteroatoms. The standard InChI is InChI=1S/C28H34F3NO3/c1-6-25(28(29,30)31)19(2)15-20(3)26-10-9-24(34-26)17-32-13-11-21-7-8-23(16-22(21)12-14-32)35-27(4,5)18-33/h6-10,15-16,33H,1,11-14,17-18H2,2-5H3/b20-15+,25-19+. The Hall–Kier alpha value is -2.77. The second-order valence-corrected chi connectivity index (χ2v) is 9.62. The van der Waals surface area contributed by atoms with Crippen molar-refractivity contribution in [3.8, 4) is 5.75 Å². The van der Waals surface area contributed by atoms with Gasteiger partial charge in [-0.1, -0.05) is 24.8 Å². The number of fused-ring (bicyclic) bond motifs is 1. The molecule has 1 N–H and O–H groups in total. The van der Waals surface area contributed by atoms with Gasteiger partial charge in [0, 0.05) is 13.1 Å². The van der Waals surface area contributed by atoms with Crippen molar-refractivity contribution < 1.29 is 27.4 Å². The van der Waals surface area contributed by atoms with Crippen molar-refractivity contribution in [3.05, 3.63) is 82.9 Å². The minimum atomic E-state index is -4.44. The van der Waals surface area contributed by atoms with Crippen LogP contribution < -0.4 is 4.74 Å². The monoisotopic (exact) mass is 489 g/mol. The predicted octanol–water partition coefficient (Wildman–Crippen LogP) is 6.50. The molecular formula is C28H34F3NO3. The summed E-state index contributed by atoms with van der Waals surface area (Å²) in [6.07, 6.45) is -0.356. The highest BCUT2D eigenvalue weighted by molar-refractivity contribution is 5.63. The number of rotatable bonds is 8. The molecule has 0 unspecified atom stereocenters. The number of ether oxygens (including phenoxy) is 1. The van der Waals surface area contributed by atoms with Crippen molar-refractivity contribution in [2.75, 3.05) is 19.7 Å². The van der Waals surface area contributed by atoms with Gasteiger partial charge in [0.05, 0.1) is 18.7 Å². The highest BCUT2D eigenvalue weighted by atomic mass is 19.4. The number of alkyl halides is 3. The van der Waals surface area contributed by atoms with Gasteiger partial charge in [-0.05, 0) is 87.1 Å². The van der Waals surface area contributed by atoms with Crippen LogP contribution in [-0.4, -0.2) is 41.5 Å². The van der Waals surface area contributed by atoms with Crippen LogP contribution >= 0.6 is 0 Å². The van der Waals surface area contributed by atoms with E-state index in [1.54, 1.807) is 13.0 Å². The lowest BCUT2D eigenvalue weighted by atomic mass is 10.0. The molecule has 0 amide bonds. The average Bonchev–Trinajstić information content (AvgIpc) is 3.15. The first kappa shape index (κ1) is 26.8. The first-order valence-corrected chi connectivity index (χ1v) is 11.7. The summed E-state index contributed by atoms with van der Waals surface area (Å²) in [5.41, 5.74) is 1.86. The van der Waals surface area contributed by atoms with Crippen molar-refractivity contribution in [1.29, 1.82) is 0 Å². The van der Waals surface area contributed by atoms with Crippen LogP contribution in [0.25, 0.3) is 5.57 Å². The third kappa shape index (κ3) is 7.12.